The second kappa shape index (κ2) is 8.90. The predicted octanol–water partition coefficient (Wildman–Crippen LogP) is 2.34. The maximum atomic E-state index is 12.6. The largest absolute Gasteiger partial charge is 0.437 e. The molecule has 0 atom stereocenters. The van der Waals surface area contributed by atoms with E-state index in [-0.39, 0.29) is 18.3 Å². The molecule has 0 amide bonds. The molecule has 3 aromatic heterocycles. The predicted molar refractivity (Wildman–Crippen MR) is 113 cm³/mol. The van der Waals surface area contributed by atoms with Crippen molar-refractivity contribution in [1.82, 2.24) is 30.3 Å². The Bertz CT molecular complexity index is 1280. The Morgan fingerprint density at radius 1 is 0.970 bits per heavy atom. The van der Waals surface area contributed by atoms with Gasteiger partial charge >= 0.3 is 12.2 Å². The van der Waals surface area contributed by atoms with E-state index in [0.29, 0.717) is 16.8 Å². The molecule has 0 spiro atoms. The Labute approximate surface area is 185 Å². The summed E-state index contributed by atoms with van der Waals surface area (Å²) in [5.41, 5.74) is 2.70. The van der Waals surface area contributed by atoms with Crippen LogP contribution < -0.4 is 16.0 Å². The van der Waals surface area contributed by atoms with Crippen LogP contribution in [0.3, 0.4) is 0 Å². The number of nitrogens with zero attached hydrogens (tertiary/aromatic N) is 6. The van der Waals surface area contributed by atoms with Crippen molar-refractivity contribution in [2.75, 3.05) is 31.1 Å². The van der Waals surface area contributed by atoms with Gasteiger partial charge in [-0.25, -0.2) is 4.79 Å². The minimum atomic E-state index is -2.84. The monoisotopic (exact) mass is 455 g/mol. The molecule has 1 N–H and O–H groups in total. The first-order valence-corrected chi connectivity index (χ1v) is 10.3. The zero-order chi connectivity index (χ0) is 22.8. The van der Waals surface area contributed by atoms with Gasteiger partial charge in [-0.2, -0.15) is 13.5 Å². The van der Waals surface area contributed by atoms with Gasteiger partial charge < -0.3 is 19.1 Å². The van der Waals surface area contributed by atoms with E-state index in [0.717, 1.165) is 31.9 Å². The average Bonchev–Trinajstić information content (AvgIpc) is 3.48. The summed E-state index contributed by atoms with van der Waals surface area (Å²) in [7, 11) is 0. The van der Waals surface area contributed by atoms with Gasteiger partial charge in [-0.1, -0.05) is 0 Å². The van der Waals surface area contributed by atoms with Crippen LogP contribution in [0.4, 0.5) is 14.5 Å². The SMILES string of the molecule is O=c1oc(-c2ccc(N3CCNCC3)cc2)nn1Cc1ccc(-c2nnc(C(F)F)o2)cn1. The number of aromatic nitrogens is 5. The van der Waals surface area contributed by atoms with Crippen molar-refractivity contribution < 1.29 is 17.6 Å². The molecule has 33 heavy (non-hydrogen) atoms. The smallest absolute Gasteiger partial charge is 0.415 e. The van der Waals surface area contributed by atoms with Crippen molar-refractivity contribution in [3.05, 3.63) is 64.7 Å². The van der Waals surface area contributed by atoms with E-state index in [1.165, 1.54) is 10.9 Å². The lowest BCUT2D eigenvalue weighted by Crippen LogP contribution is -2.43. The minimum Gasteiger partial charge on any atom is -0.415 e. The Kier molecular flexibility index (Phi) is 5.65. The van der Waals surface area contributed by atoms with Crippen molar-refractivity contribution in [1.29, 1.82) is 0 Å². The molecular weight excluding hydrogens is 436 g/mol. The lowest BCUT2D eigenvalue weighted by atomic mass is 10.2. The van der Waals surface area contributed by atoms with Crippen molar-refractivity contribution in [3.63, 3.8) is 0 Å². The third-order valence-corrected chi connectivity index (χ3v) is 5.21. The van der Waals surface area contributed by atoms with Crippen LogP contribution in [0.5, 0.6) is 0 Å². The van der Waals surface area contributed by atoms with Crippen LogP contribution in [0.1, 0.15) is 18.0 Å². The van der Waals surface area contributed by atoms with E-state index in [1.807, 2.05) is 24.3 Å². The second-order valence-corrected chi connectivity index (χ2v) is 7.40. The van der Waals surface area contributed by atoms with E-state index in [9.17, 15) is 13.6 Å². The molecule has 1 saturated heterocycles. The van der Waals surface area contributed by atoms with Crippen molar-refractivity contribution >= 4 is 5.69 Å². The first-order valence-electron chi connectivity index (χ1n) is 10.3. The van der Waals surface area contributed by atoms with E-state index >= 15 is 0 Å². The molecule has 170 valence electrons. The highest BCUT2D eigenvalue weighted by molar-refractivity contribution is 5.59. The molecule has 1 fully saturated rings. The molecule has 1 aliphatic rings. The van der Waals surface area contributed by atoms with Crippen LogP contribution in [0.2, 0.25) is 0 Å². The van der Waals surface area contributed by atoms with Gasteiger partial charge in [0.15, 0.2) is 0 Å². The van der Waals surface area contributed by atoms with Gasteiger partial charge in [0.2, 0.25) is 11.8 Å². The maximum Gasteiger partial charge on any atom is 0.437 e. The number of pyridine rings is 1. The van der Waals surface area contributed by atoms with E-state index in [1.54, 1.807) is 12.1 Å². The van der Waals surface area contributed by atoms with E-state index in [4.69, 9.17) is 8.83 Å². The fraction of sp³-hybridized carbons (Fsp3) is 0.286. The van der Waals surface area contributed by atoms with Crippen LogP contribution >= 0.6 is 0 Å². The molecule has 5 rings (SSSR count). The Hall–Kier alpha value is -3.93. The molecule has 0 bridgehead atoms. The van der Waals surface area contributed by atoms with Gasteiger partial charge in [0.25, 0.3) is 5.89 Å². The number of halogens is 2. The second-order valence-electron chi connectivity index (χ2n) is 7.40. The summed E-state index contributed by atoms with van der Waals surface area (Å²) in [5.74, 6) is -1.21. The molecule has 0 saturated carbocycles. The van der Waals surface area contributed by atoms with Gasteiger partial charge in [-0.3, -0.25) is 4.98 Å². The maximum absolute atomic E-state index is 12.6. The van der Waals surface area contributed by atoms with Crippen molar-refractivity contribution in [2.45, 2.75) is 13.0 Å². The van der Waals surface area contributed by atoms with Crippen LogP contribution in [0.25, 0.3) is 22.9 Å². The molecule has 1 aromatic carbocycles. The number of rotatable bonds is 6. The molecule has 10 nitrogen and oxygen atoms in total. The highest BCUT2D eigenvalue weighted by Gasteiger charge is 2.18. The standard InChI is InChI=1S/C21H19F2N7O3/c22-17(23)20-27-26-18(32-20)14-1-4-15(25-11-14)12-30-21(31)33-19(28-30)13-2-5-16(6-3-13)29-9-7-24-8-10-29/h1-6,11,17,24H,7-10,12H2. The van der Waals surface area contributed by atoms with Gasteiger partial charge in [0, 0.05) is 43.6 Å². The minimum absolute atomic E-state index is 0.0606. The van der Waals surface area contributed by atoms with Gasteiger partial charge in [-0.05, 0) is 36.4 Å². The lowest BCUT2D eigenvalue weighted by Gasteiger charge is -2.29. The lowest BCUT2D eigenvalue weighted by molar-refractivity contribution is 0.116. The van der Waals surface area contributed by atoms with Gasteiger partial charge in [0.1, 0.15) is 0 Å². The number of benzene rings is 1. The summed E-state index contributed by atoms with van der Waals surface area (Å²) in [6, 6.07) is 10.9. The fourth-order valence-corrected chi connectivity index (χ4v) is 3.50. The molecule has 12 heteroatoms. The highest BCUT2D eigenvalue weighted by atomic mass is 19.3. The summed E-state index contributed by atoms with van der Waals surface area (Å²) in [6.07, 6.45) is -1.44. The molecule has 0 aliphatic carbocycles. The van der Waals surface area contributed by atoms with E-state index < -0.39 is 18.1 Å². The highest BCUT2D eigenvalue weighted by Crippen LogP contribution is 2.23. The van der Waals surface area contributed by atoms with Crippen LogP contribution in [0.15, 0.2) is 56.2 Å². The third-order valence-electron chi connectivity index (χ3n) is 5.21. The average molecular weight is 455 g/mol. The Morgan fingerprint density at radius 3 is 2.39 bits per heavy atom. The Balaban J connectivity index is 1.29. The van der Waals surface area contributed by atoms with Gasteiger partial charge in [-0.15, -0.1) is 15.3 Å². The van der Waals surface area contributed by atoms with E-state index in [2.05, 4.69) is 30.5 Å². The number of hydrogen-bond donors (Lipinski definition) is 1. The topological polar surface area (TPSA) is 115 Å². The number of alkyl halides is 2. The first kappa shape index (κ1) is 20.9. The fourth-order valence-electron chi connectivity index (χ4n) is 3.50. The summed E-state index contributed by atoms with van der Waals surface area (Å²) in [6.45, 7) is 3.85. The van der Waals surface area contributed by atoms with Crippen molar-refractivity contribution in [2.24, 2.45) is 0 Å². The van der Waals surface area contributed by atoms with Crippen LogP contribution in [-0.2, 0) is 6.54 Å². The number of hydrogen-bond acceptors (Lipinski definition) is 9. The zero-order valence-corrected chi connectivity index (χ0v) is 17.3. The molecule has 0 unspecified atom stereocenters. The first-order chi connectivity index (χ1) is 16.1. The number of anilines is 1. The molecular formula is C21H19F2N7O3. The van der Waals surface area contributed by atoms with Gasteiger partial charge in [0.05, 0.1) is 17.8 Å². The van der Waals surface area contributed by atoms with Crippen LogP contribution in [-0.4, -0.2) is 51.1 Å². The molecule has 4 heterocycles. The quantitative estimate of drug-likeness (QED) is 0.468. The van der Waals surface area contributed by atoms with Crippen molar-refractivity contribution in [3.8, 4) is 22.9 Å². The summed E-state index contributed by atoms with van der Waals surface area (Å²) in [4.78, 5) is 18.8. The third kappa shape index (κ3) is 4.51. The molecule has 4 aromatic rings. The Morgan fingerprint density at radius 2 is 1.73 bits per heavy atom. The molecule has 1 aliphatic heterocycles. The number of piperazine rings is 1. The summed E-state index contributed by atoms with van der Waals surface area (Å²) >= 11 is 0. The zero-order valence-electron chi connectivity index (χ0n) is 17.3. The number of nitrogens with one attached hydrogen (secondary N) is 1. The summed E-state index contributed by atoms with van der Waals surface area (Å²) < 4.78 is 36.6. The normalized spacial score (nSPS) is 14.2. The van der Waals surface area contributed by atoms with Crippen LogP contribution in [0, 0.1) is 0 Å². The molecule has 0 radical (unpaired) electrons. The summed E-state index contributed by atoms with van der Waals surface area (Å²) in [5, 5.41) is 14.5.